The number of carbonyl (C=O) groups excluding carboxylic acids is 1. The van der Waals surface area contributed by atoms with Crippen LogP contribution < -0.4 is 21.5 Å². The molecule has 0 aliphatic heterocycles. The van der Waals surface area contributed by atoms with Gasteiger partial charge in [0.25, 0.3) is 6.47 Å². The Morgan fingerprint density at radius 1 is 1.17 bits per heavy atom. The molecule has 0 radical (unpaired) electrons. The first-order chi connectivity index (χ1) is 8.67. The average Bonchev–Trinajstić information content (AvgIpc) is 2.31. The fraction of sp³-hybridized carbons (Fsp3) is 0. The minimum absolute atomic E-state index is 0.0957. The van der Waals surface area contributed by atoms with Crippen LogP contribution in [0.1, 0.15) is 0 Å². The first-order valence-corrected chi connectivity index (χ1v) is 5.05. The van der Waals surface area contributed by atoms with E-state index in [1.807, 2.05) is 0 Å². The Hall–Kier alpha value is -2.83. The second-order valence-electron chi connectivity index (χ2n) is 3.40. The second kappa shape index (κ2) is 5.00. The van der Waals surface area contributed by atoms with Crippen molar-refractivity contribution in [3.05, 3.63) is 30.3 Å². The van der Waals surface area contributed by atoms with Crippen molar-refractivity contribution in [3.63, 3.8) is 0 Å². The first-order valence-electron chi connectivity index (χ1n) is 5.05. The number of anilines is 4. The number of rotatable bonds is 4. The van der Waals surface area contributed by atoms with Gasteiger partial charge in [-0.2, -0.15) is 9.97 Å². The van der Waals surface area contributed by atoms with Crippen LogP contribution >= 0.6 is 0 Å². The fourth-order valence-electron chi connectivity index (χ4n) is 1.37. The molecule has 1 aromatic heterocycles. The zero-order chi connectivity index (χ0) is 13.0. The summed E-state index contributed by atoms with van der Waals surface area (Å²) in [5.74, 6) is 1.32. The lowest BCUT2D eigenvalue weighted by Crippen LogP contribution is -2.02. The highest BCUT2D eigenvalue weighted by molar-refractivity contribution is 5.61. The predicted molar refractivity (Wildman–Crippen MR) is 67.3 cm³/mol. The van der Waals surface area contributed by atoms with Gasteiger partial charge in [0.15, 0.2) is 0 Å². The third kappa shape index (κ3) is 2.85. The number of nitrogens with zero attached hydrogens (tertiary/aromatic N) is 2. The van der Waals surface area contributed by atoms with E-state index in [1.54, 1.807) is 30.3 Å². The molecule has 0 bridgehead atoms. The van der Waals surface area contributed by atoms with Gasteiger partial charge in [0, 0.05) is 11.8 Å². The third-order valence-corrected chi connectivity index (χ3v) is 2.07. The van der Waals surface area contributed by atoms with Crippen LogP contribution in [0.15, 0.2) is 30.3 Å². The first kappa shape index (κ1) is 11.6. The molecule has 7 nitrogen and oxygen atoms in total. The van der Waals surface area contributed by atoms with Crippen LogP contribution in [0.5, 0.6) is 5.75 Å². The molecule has 92 valence electrons. The summed E-state index contributed by atoms with van der Waals surface area (Å²) in [5, 5.41) is 3.00. The standard InChI is InChI=1S/C11H11N5O2/c12-9-5-10(16-11(13)15-9)14-7-1-3-8(4-2-7)18-6-17/h1-6H,(H5,12,13,14,15,16). The number of benzene rings is 1. The number of nitrogen functional groups attached to an aromatic ring is 2. The van der Waals surface area contributed by atoms with E-state index >= 15 is 0 Å². The molecule has 1 aromatic carbocycles. The van der Waals surface area contributed by atoms with Crippen LogP contribution in [0, 0.1) is 0 Å². The molecule has 2 aromatic rings. The molecule has 2 rings (SSSR count). The number of nitrogens with one attached hydrogen (secondary N) is 1. The van der Waals surface area contributed by atoms with Crippen molar-refractivity contribution < 1.29 is 9.53 Å². The summed E-state index contributed by atoms with van der Waals surface area (Å²) in [6, 6.07) is 8.31. The van der Waals surface area contributed by atoms with E-state index in [4.69, 9.17) is 11.5 Å². The van der Waals surface area contributed by atoms with Crippen molar-refractivity contribution in [1.82, 2.24) is 9.97 Å². The lowest BCUT2D eigenvalue weighted by atomic mass is 10.3. The third-order valence-electron chi connectivity index (χ3n) is 2.07. The van der Waals surface area contributed by atoms with Crippen LogP contribution in [-0.2, 0) is 4.79 Å². The van der Waals surface area contributed by atoms with E-state index in [2.05, 4.69) is 20.0 Å². The number of nitrogens with two attached hydrogens (primary N) is 2. The highest BCUT2D eigenvalue weighted by atomic mass is 16.5. The highest BCUT2D eigenvalue weighted by Crippen LogP contribution is 2.19. The van der Waals surface area contributed by atoms with E-state index in [9.17, 15) is 4.79 Å². The Morgan fingerprint density at radius 3 is 2.50 bits per heavy atom. The molecule has 0 unspecified atom stereocenters. The molecule has 18 heavy (non-hydrogen) atoms. The van der Waals surface area contributed by atoms with Gasteiger partial charge in [-0.25, -0.2) is 0 Å². The predicted octanol–water partition coefficient (Wildman–Crippen LogP) is 0.920. The molecule has 0 atom stereocenters. The molecule has 1 heterocycles. The van der Waals surface area contributed by atoms with Crippen LogP contribution in [0.25, 0.3) is 0 Å². The lowest BCUT2D eigenvalue weighted by Gasteiger charge is -2.07. The van der Waals surface area contributed by atoms with Gasteiger partial charge < -0.3 is 21.5 Å². The van der Waals surface area contributed by atoms with Gasteiger partial charge in [-0.3, -0.25) is 4.79 Å². The lowest BCUT2D eigenvalue weighted by molar-refractivity contribution is -0.120. The fourth-order valence-corrected chi connectivity index (χ4v) is 1.37. The Morgan fingerprint density at radius 2 is 1.89 bits per heavy atom. The molecule has 0 saturated carbocycles. The van der Waals surface area contributed by atoms with Crippen molar-refractivity contribution in [3.8, 4) is 5.75 Å². The zero-order valence-electron chi connectivity index (χ0n) is 9.33. The molecule has 0 amide bonds. The van der Waals surface area contributed by atoms with E-state index in [0.29, 0.717) is 18.0 Å². The van der Waals surface area contributed by atoms with Crippen LogP contribution in [0.4, 0.5) is 23.3 Å². The summed E-state index contributed by atoms with van der Waals surface area (Å²) in [6.45, 7) is 0.369. The second-order valence-corrected chi connectivity index (χ2v) is 3.40. The minimum Gasteiger partial charge on any atom is -0.429 e. The molecule has 0 saturated heterocycles. The average molecular weight is 245 g/mol. The maximum absolute atomic E-state index is 10.1. The topological polar surface area (TPSA) is 116 Å². The summed E-state index contributed by atoms with van der Waals surface area (Å²) >= 11 is 0. The summed E-state index contributed by atoms with van der Waals surface area (Å²) in [4.78, 5) is 17.9. The van der Waals surface area contributed by atoms with Crippen molar-refractivity contribution >= 4 is 29.7 Å². The summed E-state index contributed by atoms with van der Waals surface area (Å²) in [6.07, 6.45) is 0. The van der Waals surface area contributed by atoms with Crippen molar-refractivity contribution in [1.29, 1.82) is 0 Å². The van der Waals surface area contributed by atoms with Crippen LogP contribution in [-0.4, -0.2) is 16.4 Å². The van der Waals surface area contributed by atoms with Gasteiger partial charge in [-0.15, -0.1) is 0 Å². The van der Waals surface area contributed by atoms with Gasteiger partial charge >= 0.3 is 0 Å². The normalized spacial score (nSPS) is 9.78. The molecular weight excluding hydrogens is 234 g/mol. The van der Waals surface area contributed by atoms with Crippen molar-refractivity contribution in [2.24, 2.45) is 0 Å². The number of hydrogen-bond donors (Lipinski definition) is 3. The maximum Gasteiger partial charge on any atom is 0.298 e. The molecule has 7 heteroatoms. The van der Waals surface area contributed by atoms with Crippen molar-refractivity contribution in [2.45, 2.75) is 0 Å². The Labute approximate surface area is 103 Å². The monoisotopic (exact) mass is 245 g/mol. The summed E-state index contributed by atoms with van der Waals surface area (Å²) in [7, 11) is 0. The SMILES string of the molecule is Nc1cc(Nc2ccc(OC=O)cc2)nc(N)n1. The zero-order valence-corrected chi connectivity index (χ0v) is 9.33. The van der Waals surface area contributed by atoms with Gasteiger partial charge in [-0.05, 0) is 24.3 Å². The molecule has 0 aliphatic rings. The molecule has 5 N–H and O–H groups in total. The summed E-state index contributed by atoms with van der Waals surface area (Å²) in [5.41, 5.74) is 11.8. The number of carbonyl (C=O) groups is 1. The Kier molecular flexibility index (Phi) is 3.24. The summed E-state index contributed by atoms with van der Waals surface area (Å²) < 4.78 is 4.68. The van der Waals surface area contributed by atoms with Crippen LogP contribution in [0.2, 0.25) is 0 Å². The van der Waals surface area contributed by atoms with E-state index in [-0.39, 0.29) is 11.8 Å². The molecule has 0 spiro atoms. The van der Waals surface area contributed by atoms with Gasteiger partial charge in [0.05, 0.1) is 0 Å². The van der Waals surface area contributed by atoms with E-state index < -0.39 is 0 Å². The highest BCUT2D eigenvalue weighted by Gasteiger charge is 2.01. The molecule has 0 aliphatic carbocycles. The maximum atomic E-state index is 10.1. The number of ether oxygens (including phenoxy) is 1. The number of hydrogen-bond acceptors (Lipinski definition) is 7. The minimum atomic E-state index is 0.0957. The largest absolute Gasteiger partial charge is 0.429 e. The quantitative estimate of drug-likeness (QED) is 0.685. The van der Waals surface area contributed by atoms with Gasteiger partial charge in [0.1, 0.15) is 17.4 Å². The van der Waals surface area contributed by atoms with E-state index in [0.717, 1.165) is 5.69 Å². The Balaban J connectivity index is 2.15. The van der Waals surface area contributed by atoms with Crippen molar-refractivity contribution in [2.75, 3.05) is 16.8 Å². The van der Waals surface area contributed by atoms with E-state index in [1.165, 1.54) is 0 Å². The van der Waals surface area contributed by atoms with Crippen LogP contribution in [0.3, 0.4) is 0 Å². The molecule has 0 fully saturated rings. The Bertz CT molecular complexity index is 536. The number of aromatic nitrogens is 2. The van der Waals surface area contributed by atoms with Gasteiger partial charge in [0.2, 0.25) is 5.95 Å². The smallest absolute Gasteiger partial charge is 0.298 e. The molecular formula is C11H11N5O2. The van der Waals surface area contributed by atoms with Gasteiger partial charge in [-0.1, -0.05) is 0 Å².